The van der Waals surface area contributed by atoms with Crippen LogP contribution >= 0.6 is 36.8 Å². The van der Waals surface area contributed by atoms with Gasteiger partial charge in [0.2, 0.25) is 0 Å². The van der Waals surface area contributed by atoms with Crippen LogP contribution < -0.4 is 0 Å². The molecule has 0 spiro atoms. The molecule has 0 radical (unpaired) electrons. The van der Waals surface area contributed by atoms with Crippen molar-refractivity contribution in [3.63, 3.8) is 0 Å². The third-order valence-electron chi connectivity index (χ3n) is 1.43. The minimum Gasteiger partial charge on any atom is -0.151 e. The Kier molecular flexibility index (Phi) is 5.79. The minimum atomic E-state index is 0. The largest absolute Gasteiger partial charge is 0.151 e. The molecule has 0 amide bonds. The highest BCUT2D eigenvalue weighted by atomic mass is 35.5. The molecule has 0 bridgehead atoms. The smallest absolute Gasteiger partial charge is 0.0508 e. The molecule has 1 aromatic carbocycles. The normalized spacial score (nSPS) is 12.0. The highest BCUT2D eigenvalue weighted by molar-refractivity contribution is 7.98. The van der Waals surface area contributed by atoms with Gasteiger partial charge in [0.25, 0.3) is 0 Å². The van der Waals surface area contributed by atoms with Crippen molar-refractivity contribution in [3.8, 4) is 0 Å². The summed E-state index contributed by atoms with van der Waals surface area (Å²) in [6.07, 6.45) is 3.66. The van der Waals surface area contributed by atoms with Crippen LogP contribution in [0.2, 0.25) is 0 Å². The quantitative estimate of drug-likeness (QED) is 0.624. The van der Waals surface area contributed by atoms with Gasteiger partial charge in [0.1, 0.15) is 0 Å². The third kappa shape index (κ3) is 3.03. The van der Waals surface area contributed by atoms with E-state index in [1.165, 1.54) is 17.5 Å². The second-order valence-corrected chi connectivity index (χ2v) is 2.93. The van der Waals surface area contributed by atoms with Gasteiger partial charge in [-0.2, -0.15) is 5.11 Å². The summed E-state index contributed by atoms with van der Waals surface area (Å²) < 4.78 is 3.87. The monoisotopic (exact) mass is 234 g/mol. The maximum Gasteiger partial charge on any atom is 0.0508 e. The Balaban J connectivity index is 0.000000720. The molecule has 0 saturated carbocycles. The van der Waals surface area contributed by atoms with Crippen LogP contribution in [-0.2, 0) is 0 Å². The molecule has 0 aromatic heterocycles. The van der Waals surface area contributed by atoms with E-state index < -0.39 is 0 Å². The van der Waals surface area contributed by atoms with E-state index in [0.717, 1.165) is 4.90 Å². The topological polar surface area (TPSA) is 24.7 Å². The van der Waals surface area contributed by atoms with Crippen LogP contribution in [0.3, 0.4) is 0 Å². The second kappa shape index (κ2) is 6.02. The van der Waals surface area contributed by atoms with Crippen molar-refractivity contribution in [2.45, 2.75) is 4.90 Å². The first-order valence-electron chi connectivity index (χ1n) is 3.29. The Morgan fingerprint density at radius 2 is 1.85 bits per heavy atom. The molecule has 1 aliphatic heterocycles. The van der Waals surface area contributed by atoms with Crippen molar-refractivity contribution in [3.05, 3.63) is 36.0 Å². The fourth-order valence-corrected chi connectivity index (χ4v) is 1.48. The van der Waals surface area contributed by atoms with Crippen molar-refractivity contribution in [2.24, 2.45) is 9.63 Å². The van der Waals surface area contributed by atoms with Gasteiger partial charge >= 0.3 is 0 Å². The van der Waals surface area contributed by atoms with Gasteiger partial charge in [-0.3, -0.25) is 0 Å². The summed E-state index contributed by atoms with van der Waals surface area (Å²) in [6.45, 7) is 0. The van der Waals surface area contributed by atoms with Gasteiger partial charge in [0.05, 0.1) is 6.20 Å². The van der Waals surface area contributed by atoms with E-state index in [9.17, 15) is 0 Å². The number of hydrogen-bond donors (Lipinski definition) is 0. The van der Waals surface area contributed by atoms with E-state index in [0.29, 0.717) is 0 Å². The number of hydrogen-bond acceptors (Lipinski definition) is 3. The van der Waals surface area contributed by atoms with Crippen LogP contribution in [0.15, 0.2) is 45.0 Å². The number of benzene rings is 1. The van der Waals surface area contributed by atoms with Crippen LogP contribution in [0.4, 0.5) is 0 Å². The van der Waals surface area contributed by atoms with E-state index >= 15 is 0 Å². The molecule has 0 unspecified atom stereocenters. The number of rotatable bonds is 0. The Bertz CT molecular complexity index is 326. The lowest BCUT2D eigenvalue weighted by Crippen LogP contribution is -1.73. The van der Waals surface area contributed by atoms with E-state index in [4.69, 9.17) is 0 Å². The van der Waals surface area contributed by atoms with Crippen molar-refractivity contribution in [1.29, 1.82) is 0 Å². The lowest BCUT2D eigenvalue weighted by Gasteiger charge is -1.96. The Hall–Kier alpha value is -0.510. The lowest BCUT2D eigenvalue weighted by molar-refractivity contribution is 1.35. The maximum absolute atomic E-state index is 3.87. The molecule has 2 nitrogen and oxygen atoms in total. The van der Waals surface area contributed by atoms with Crippen molar-refractivity contribution >= 4 is 42.8 Å². The fourth-order valence-electron chi connectivity index (χ4n) is 0.910. The predicted molar refractivity (Wildman–Crippen MR) is 60.7 cm³/mol. The molecule has 0 saturated heterocycles. The van der Waals surface area contributed by atoms with Gasteiger partial charge < -0.3 is 0 Å². The molecule has 1 aromatic rings. The average molecular weight is 235 g/mol. The van der Waals surface area contributed by atoms with Crippen molar-refractivity contribution in [2.75, 3.05) is 0 Å². The average Bonchev–Trinajstić information content (AvgIpc) is 2.28. The molecule has 5 heteroatoms. The SMILES string of the molecule is C1=Cc2ccccc2SN=N1.Cl.Cl. The number of fused-ring (bicyclic) bond motifs is 1. The maximum atomic E-state index is 3.87. The lowest BCUT2D eigenvalue weighted by atomic mass is 10.2. The molecule has 0 fully saturated rings. The molecule has 1 heterocycles. The highest BCUT2D eigenvalue weighted by Crippen LogP contribution is 2.26. The first-order valence-corrected chi connectivity index (χ1v) is 4.07. The molecule has 1 aliphatic rings. The van der Waals surface area contributed by atoms with Gasteiger partial charge in [-0.05, 0) is 17.7 Å². The Labute approximate surface area is 93.5 Å². The van der Waals surface area contributed by atoms with Crippen molar-refractivity contribution in [1.82, 2.24) is 0 Å². The van der Waals surface area contributed by atoms with E-state index in [-0.39, 0.29) is 24.8 Å². The highest BCUT2D eigenvalue weighted by Gasteiger charge is 1.99. The molecular formula is C8H8Cl2N2S. The standard InChI is InChI=1S/C8H6N2S.2ClH/c1-2-4-8-7(3-1)5-6-9-10-11-8;;/h1-6H;2*1H. The van der Waals surface area contributed by atoms with Gasteiger partial charge in [-0.1, -0.05) is 18.2 Å². The Morgan fingerprint density at radius 3 is 2.69 bits per heavy atom. The minimum absolute atomic E-state index is 0. The summed E-state index contributed by atoms with van der Waals surface area (Å²) in [5.41, 5.74) is 1.18. The zero-order valence-electron chi connectivity index (χ0n) is 6.58. The fraction of sp³-hybridized carbons (Fsp3) is 0. The van der Waals surface area contributed by atoms with Crippen LogP contribution in [0.25, 0.3) is 6.08 Å². The van der Waals surface area contributed by atoms with E-state index in [2.05, 4.69) is 15.7 Å². The van der Waals surface area contributed by atoms with Crippen LogP contribution in [-0.4, -0.2) is 0 Å². The second-order valence-electron chi connectivity index (χ2n) is 2.14. The molecule has 70 valence electrons. The summed E-state index contributed by atoms with van der Waals surface area (Å²) in [6, 6.07) is 8.10. The molecular weight excluding hydrogens is 227 g/mol. The van der Waals surface area contributed by atoms with Gasteiger partial charge in [-0.15, -0.1) is 29.3 Å². The molecule has 0 aliphatic carbocycles. The van der Waals surface area contributed by atoms with E-state index in [1.54, 1.807) is 6.20 Å². The van der Waals surface area contributed by atoms with Crippen LogP contribution in [0.1, 0.15) is 5.56 Å². The molecule has 13 heavy (non-hydrogen) atoms. The summed E-state index contributed by atoms with van der Waals surface area (Å²) in [5.74, 6) is 0. The zero-order chi connectivity index (χ0) is 7.52. The zero-order valence-corrected chi connectivity index (χ0v) is 9.03. The summed E-state index contributed by atoms with van der Waals surface area (Å²) in [7, 11) is 0. The van der Waals surface area contributed by atoms with Gasteiger partial charge in [-0.25, -0.2) is 0 Å². The van der Waals surface area contributed by atoms with Crippen LogP contribution in [0, 0.1) is 0 Å². The summed E-state index contributed by atoms with van der Waals surface area (Å²) >= 11 is 1.41. The van der Waals surface area contributed by atoms with E-state index in [1.807, 2.05) is 24.3 Å². The van der Waals surface area contributed by atoms with Crippen molar-refractivity contribution < 1.29 is 0 Å². The predicted octanol–water partition coefficient (Wildman–Crippen LogP) is 3.97. The first-order chi connectivity index (χ1) is 5.47. The molecule has 2 rings (SSSR count). The summed E-state index contributed by atoms with van der Waals surface area (Å²) in [5, 5.41) is 3.79. The molecule has 0 N–H and O–H groups in total. The van der Waals surface area contributed by atoms with Crippen LogP contribution in [0.5, 0.6) is 0 Å². The third-order valence-corrected chi connectivity index (χ3v) is 2.17. The summed E-state index contributed by atoms with van der Waals surface area (Å²) in [4.78, 5) is 1.16. The molecule has 0 atom stereocenters. The number of halogens is 2. The Morgan fingerprint density at radius 1 is 1.08 bits per heavy atom. The van der Waals surface area contributed by atoms with Gasteiger partial charge in [0.15, 0.2) is 0 Å². The van der Waals surface area contributed by atoms with Gasteiger partial charge in [0, 0.05) is 16.8 Å². The first kappa shape index (κ1) is 12.5. The number of nitrogens with zero attached hydrogens (tertiary/aromatic N) is 2.